The Morgan fingerprint density at radius 1 is 0.977 bits per heavy atom. The molecule has 2 aromatic heterocycles. The summed E-state index contributed by atoms with van der Waals surface area (Å²) in [5, 5.41) is 12.7. The largest absolute Gasteiger partial charge is 0.357 e. The Morgan fingerprint density at radius 2 is 1.52 bits per heavy atom. The fourth-order valence-electron chi connectivity index (χ4n) is 7.14. The zero-order chi connectivity index (χ0) is 30.9. The molecule has 3 aromatic rings. The van der Waals surface area contributed by atoms with Crippen molar-refractivity contribution in [1.29, 1.82) is 5.26 Å². The number of piperidine rings is 1. The molecule has 5 heterocycles. The summed E-state index contributed by atoms with van der Waals surface area (Å²) < 4.78 is 26.7. The van der Waals surface area contributed by atoms with Crippen LogP contribution in [0.3, 0.4) is 0 Å². The van der Waals surface area contributed by atoms with E-state index in [9.17, 15) is 23.3 Å². The summed E-state index contributed by atoms with van der Waals surface area (Å²) in [5.74, 6) is 0.0703. The van der Waals surface area contributed by atoms with Crippen molar-refractivity contribution < 1.29 is 18.0 Å². The zero-order valence-electron chi connectivity index (χ0n) is 24.5. The van der Waals surface area contributed by atoms with Gasteiger partial charge in [0.2, 0.25) is 10.0 Å². The van der Waals surface area contributed by atoms with Gasteiger partial charge in [-0.1, -0.05) is 0 Å². The maximum absolute atomic E-state index is 14.7. The molecular weight excluding hydrogens is 576 g/mol. The van der Waals surface area contributed by atoms with Crippen molar-refractivity contribution in [3.05, 3.63) is 107 Å². The van der Waals surface area contributed by atoms with E-state index in [-0.39, 0.29) is 29.7 Å². The number of allylic oxidation sites excluding steroid dienone is 1. The molecule has 1 N–H and O–H groups in total. The summed E-state index contributed by atoms with van der Waals surface area (Å²) >= 11 is 0. The summed E-state index contributed by atoms with van der Waals surface area (Å²) in [6.07, 6.45) is 13.2. The number of nitriles is 1. The normalized spacial score (nSPS) is 23.8. The topological polar surface area (TPSA) is 136 Å². The average molecular weight is 611 g/mol. The fourth-order valence-corrected chi connectivity index (χ4v) is 8.61. The van der Waals surface area contributed by atoms with Crippen LogP contribution < -0.4 is 5.32 Å². The van der Waals surface area contributed by atoms with Gasteiger partial charge in [0.15, 0.2) is 5.78 Å². The highest BCUT2D eigenvalue weighted by molar-refractivity contribution is 7.88. The van der Waals surface area contributed by atoms with Gasteiger partial charge in [-0.25, -0.2) is 8.42 Å². The van der Waals surface area contributed by atoms with Crippen molar-refractivity contribution in [1.82, 2.24) is 24.5 Å². The summed E-state index contributed by atoms with van der Waals surface area (Å²) in [4.78, 5) is 38.1. The standard InChI is InChI=1S/C33H34N6O4S/c1-44(42,43)39-28-6-7-29(39)17-26(16-28)22-38-31(18-30(40)27-4-2-25(21-34)3-5-27)37-33(32(38)41,19-23-8-12-35-13-9-23)20-24-10-14-36-15-11-24/h2-5,8-15,18,26,28-29,37H,6-7,16-17,19-20,22H2,1H3. The van der Waals surface area contributed by atoms with Gasteiger partial charge >= 0.3 is 0 Å². The van der Waals surface area contributed by atoms with E-state index in [0.717, 1.165) is 24.0 Å². The van der Waals surface area contributed by atoms with Crippen LogP contribution in [0.15, 0.2) is 85.2 Å². The Labute approximate surface area is 257 Å². The molecule has 0 saturated carbocycles. The van der Waals surface area contributed by atoms with E-state index in [1.54, 1.807) is 58.3 Å². The highest BCUT2D eigenvalue weighted by Crippen LogP contribution is 2.42. The maximum atomic E-state index is 14.7. The molecule has 2 unspecified atom stereocenters. The molecule has 1 aromatic carbocycles. The van der Waals surface area contributed by atoms with E-state index >= 15 is 0 Å². The number of nitrogens with zero attached hydrogens (tertiary/aromatic N) is 5. The van der Waals surface area contributed by atoms with E-state index in [1.165, 1.54) is 12.3 Å². The minimum Gasteiger partial charge on any atom is -0.357 e. The van der Waals surface area contributed by atoms with Crippen molar-refractivity contribution >= 4 is 21.7 Å². The van der Waals surface area contributed by atoms with Gasteiger partial charge in [0.1, 0.15) is 11.4 Å². The third-order valence-electron chi connectivity index (χ3n) is 8.98. The Hall–Kier alpha value is -4.40. The molecular formula is C33H34N6O4S. The number of rotatable bonds is 9. The van der Waals surface area contributed by atoms with Crippen LogP contribution in [0.5, 0.6) is 0 Å². The number of hydrogen-bond donors (Lipinski definition) is 1. The summed E-state index contributed by atoms with van der Waals surface area (Å²) in [6, 6.07) is 15.9. The van der Waals surface area contributed by atoms with Crippen molar-refractivity contribution in [3.8, 4) is 6.07 Å². The summed E-state index contributed by atoms with van der Waals surface area (Å²) in [7, 11) is -3.32. The van der Waals surface area contributed by atoms with Gasteiger partial charge in [-0.3, -0.25) is 24.5 Å². The van der Waals surface area contributed by atoms with E-state index < -0.39 is 15.6 Å². The minimum absolute atomic E-state index is 0.0716. The Balaban J connectivity index is 1.36. The molecule has 3 fully saturated rings. The minimum atomic E-state index is -3.32. The van der Waals surface area contributed by atoms with Crippen LogP contribution in [0.4, 0.5) is 0 Å². The lowest BCUT2D eigenvalue weighted by molar-refractivity contribution is -0.132. The predicted octanol–water partition coefficient (Wildman–Crippen LogP) is 3.23. The summed E-state index contributed by atoms with van der Waals surface area (Å²) in [5.41, 5.74) is 1.63. The van der Waals surface area contributed by atoms with E-state index in [2.05, 4.69) is 21.4 Å². The van der Waals surface area contributed by atoms with Crippen molar-refractivity contribution in [2.75, 3.05) is 12.8 Å². The van der Waals surface area contributed by atoms with Gasteiger partial charge in [-0.05, 0) is 91.3 Å². The van der Waals surface area contributed by atoms with Crippen LogP contribution in [-0.4, -0.2) is 69.7 Å². The number of sulfonamides is 1. The number of carbonyl (C=O) groups is 2. The molecule has 3 aliphatic heterocycles. The lowest BCUT2D eigenvalue weighted by Gasteiger charge is -2.38. The third kappa shape index (κ3) is 6.00. The quantitative estimate of drug-likeness (QED) is 0.288. The third-order valence-corrected chi connectivity index (χ3v) is 10.3. The first-order chi connectivity index (χ1) is 21.1. The lowest BCUT2D eigenvalue weighted by atomic mass is 9.84. The molecule has 226 valence electrons. The number of aromatic nitrogens is 2. The molecule has 6 rings (SSSR count). The fraction of sp³-hybridized carbons (Fsp3) is 0.364. The van der Waals surface area contributed by atoms with E-state index in [4.69, 9.17) is 0 Å². The Bertz CT molecular complexity index is 1670. The molecule has 10 nitrogen and oxygen atoms in total. The zero-order valence-corrected chi connectivity index (χ0v) is 25.3. The lowest BCUT2D eigenvalue weighted by Crippen LogP contribution is -2.51. The van der Waals surface area contributed by atoms with Gasteiger partial charge in [-0.2, -0.15) is 9.57 Å². The number of amides is 1. The molecule has 0 radical (unpaired) electrons. The molecule has 11 heteroatoms. The van der Waals surface area contributed by atoms with Gasteiger partial charge in [0.05, 0.1) is 17.9 Å². The van der Waals surface area contributed by atoms with Crippen molar-refractivity contribution in [2.45, 2.75) is 56.1 Å². The molecule has 2 atom stereocenters. The van der Waals surface area contributed by atoms with Gasteiger partial charge in [0, 0.05) is 67.9 Å². The molecule has 44 heavy (non-hydrogen) atoms. The van der Waals surface area contributed by atoms with Crippen LogP contribution in [0.25, 0.3) is 0 Å². The maximum Gasteiger partial charge on any atom is 0.254 e. The van der Waals surface area contributed by atoms with Crippen molar-refractivity contribution in [2.24, 2.45) is 5.92 Å². The van der Waals surface area contributed by atoms with Crippen LogP contribution in [0.2, 0.25) is 0 Å². The Morgan fingerprint density at radius 3 is 2.02 bits per heavy atom. The average Bonchev–Trinajstić information content (AvgIpc) is 3.44. The molecule has 0 spiro atoms. The number of benzene rings is 1. The first-order valence-electron chi connectivity index (χ1n) is 14.8. The highest BCUT2D eigenvalue weighted by atomic mass is 32.2. The van der Waals surface area contributed by atoms with Crippen molar-refractivity contribution in [3.63, 3.8) is 0 Å². The Kier molecular flexibility index (Phi) is 8.05. The highest BCUT2D eigenvalue weighted by Gasteiger charge is 2.51. The van der Waals surface area contributed by atoms with Crippen LogP contribution in [-0.2, 0) is 27.7 Å². The van der Waals surface area contributed by atoms with Gasteiger partial charge in [-0.15, -0.1) is 0 Å². The van der Waals surface area contributed by atoms with Gasteiger partial charge < -0.3 is 5.32 Å². The predicted molar refractivity (Wildman–Crippen MR) is 163 cm³/mol. The molecule has 3 aliphatic rings. The number of hydrogen-bond acceptors (Lipinski definition) is 8. The number of pyridine rings is 2. The SMILES string of the molecule is CS(=O)(=O)N1C2CCC1CC(CN1C(=O)C(Cc3ccncc3)(Cc3ccncc3)NC1=CC(=O)c1ccc(C#N)cc1)C2. The van der Waals surface area contributed by atoms with Gasteiger partial charge in [0.25, 0.3) is 5.91 Å². The van der Waals surface area contributed by atoms with Crippen LogP contribution >= 0.6 is 0 Å². The second-order valence-electron chi connectivity index (χ2n) is 12.1. The second kappa shape index (κ2) is 11.9. The first-order valence-corrected chi connectivity index (χ1v) is 16.6. The second-order valence-corrected chi connectivity index (χ2v) is 14.0. The monoisotopic (exact) mass is 610 g/mol. The van der Waals surface area contributed by atoms with E-state index in [1.807, 2.05) is 24.3 Å². The number of fused-ring (bicyclic) bond motifs is 2. The smallest absolute Gasteiger partial charge is 0.254 e. The molecule has 0 aliphatic carbocycles. The van der Waals surface area contributed by atoms with E-state index in [0.29, 0.717) is 49.2 Å². The molecule has 3 saturated heterocycles. The molecule has 2 bridgehead atoms. The number of ketones is 1. The van der Waals surface area contributed by atoms with Crippen LogP contribution in [0.1, 0.15) is 52.7 Å². The number of nitrogens with one attached hydrogen (secondary N) is 1. The first kappa shape index (κ1) is 29.7. The summed E-state index contributed by atoms with van der Waals surface area (Å²) in [6.45, 7) is 0.372. The number of carbonyl (C=O) groups excluding carboxylic acids is 2. The molecule has 1 amide bonds. The van der Waals surface area contributed by atoms with Crippen LogP contribution in [0, 0.1) is 17.2 Å².